The molecule has 0 saturated carbocycles. The third-order valence-electron chi connectivity index (χ3n) is 3.07. The van der Waals surface area contributed by atoms with Crippen molar-refractivity contribution >= 4 is 29.1 Å². The zero-order chi connectivity index (χ0) is 17.5. The predicted molar refractivity (Wildman–Crippen MR) is 88.9 cm³/mol. The molecule has 0 fully saturated rings. The fourth-order valence-corrected chi connectivity index (χ4v) is 2.13. The highest BCUT2D eigenvalue weighted by Crippen LogP contribution is 2.26. The zero-order valence-corrected chi connectivity index (χ0v) is 13.4. The van der Waals surface area contributed by atoms with Crippen molar-refractivity contribution in [3.8, 4) is 5.75 Å². The van der Waals surface area contributed by atoms with Crippen LogP contribution >= 0.6 is 11.6 Å². The Labute approximate surface area is 143 Å². The van der Waals surface area contributed by atoms with Gasteiger partial charge >= 0.3 is 5.97 Å². The van der Waals surface area contributed by atoms with Crippen LogP contribution in [-0.4, -0.2) is 33.4 Å². The van der Waals surface area contributed by atoms with Crippen molar-refractivity contribution in [1.82, 2.24) is 9.97 Å². The molecule has 8 heteroatoms. The van der Waals surface area contributed by atoms with Gasteiger partial charge in [0.15, 0.2) is 11.6 Å². The number of halogens is 1. The summed E-state index contributed by atoms with van der Waals surface area (Å²) in [5.41, 5.74) is 6.36. The van der Waals surface area contributed by atoms with Crippen LogP contribution in [0, 0.1) is 0 Å². The highest BCUT2D eigenvalue weighted by Gasteiger charge is 2.10. The molecule has 0 radical (unpaired) electrons. The lowest BCUT2D eigenvalue weighted by molar-refractivity contribution is -0.137. The second kappa shape index (κ2) is 8.16. The molecule has 0 amide bonds. The maximum absolute atomic E-state index is 12.2. The number of hydrogen-bond donors (Lipinski definition) is 3. The van der Waals surface area contributed by atoms with Gasteiger partial charge in [-0.1, -0.05) is 11.6 Å². The minimum atomic E-state index is -0.883. The van der Waals surface area contributed by atoms with Crippen molar-refractivity contribution in [2.75, 3.05) is 6.61 Å². The normalized spacial score (nSPS) is 11.3. The van der Waals surface area contributed by atoms with Crippen molar-refractivity contribution in [2.45, 2.75) is 12.8 Å². The third kappa shape index (κ3) is 4.85. The molecule has 2 aromatic rings. The van der Waals surface area contributed by atoms with Gasteiger partial charge in [0.05, 0.1) is 17.3 Å². The average molecular weight is 350 g/mol. The summed E-state index contributed by atoms with van der Waals surface area (Å²) in [6, 6.07) is 4.60. The van der Waals surface area contributed by atoms with Gasteiger partial charge in [-0.3, -0.25) is 9.59 Å². The first-order chi connectivity index (χ1) is 11.5. The topological polar surface area (TPSA) is 118 Å². The molecule has 126 valence electrons. The maximum Gasteiger partial charge on any atom is 0.303 e. The quantitative estimate of drug-likeness (QED) is 0.383. The molecule has 0 unspecified atom stereocenters. The molecule has 24 heavy (non-hydrogen) atoms. The van der Waals surface area contributed by atoms with Crippen LogP contribution in [0.1, 0.15) is 29.0 Å². The highest BCUT2D eigenvalue weighted by atomic mass is 35.5. The van der Waals surface area contributed by atoms with Crippen LogP contribution in [0.15, 0.2) is 36.7 Å². The Bertz CT molecular complexity index is 757. The number of ether oxygens (including phenoxy) is 1. The van der Waals surface area contributed by atoms with E-state index >= 15 is 0 Å². The van der Waals surface area contributed by atoms with E-state index in [0.29, 0.717) is 23.6 Å². The number of allylic oxidation sites excluding steroid dienone is 1. The van der Waals surface area contributed by atoms with E-state index < -0.39 is 5.97 Å². The maximum atomic E-state index is 12.2. The van der Waals surface area contributed by atoms with Crippen LogP contribution < -0.4 is 10.5 Å². The fourth-order valence-electron chi connectivity index (χ4n) is 1.89. The number of benzene rings is 1. The lowest BCUT2D eigenvalue weighted by atomic mass is 10.1. The van der Waals surface area contributed by atoms with E-state index in [1.54, 1.807) is 18.3 Å². The van der Waals surface area contributed by atoms with E-state index in [0.717, 1.165) is 0 Å². The number of imidazole rings is 1. The van der Waals surface area contributed by atoms with Gasteiger partial charge in [0, 0.05) is 30.5 Å². The van der Waals surface area contributed by atoms with Gasteiger partial charge in [0.25, 0.3) is 0 Å². The first kappa shape index (κ1) is 17.6. The Morgan fingerprint density at radius 1 is 1.42 bits per heavy atom. The summed E-state index contributed by atoms with van der Waals surface area (Å²) in [4.78, 5) is 29.4. The number of nitrogens with zero attached hydrogens (tertiary/aromatic N) is 1. The predicted octanol–water partition coefficient (Wildman–Crippen LogP) is 2.49. The molecule has 0 atom stereocenters. The minimum absolute atomic E-state index is 0.0189. The molecular formula is C16H16ClN3O4. The Balaban J connectivity index is 2.02. The van der Waals surface area contributed by atoms with E-state index in [4.69, 9.17) is 27.2 Å². The second-order valence-corrected chi connectivity index (χ2v) is 5.30. The zero-order valence-electron chi connectivity index (χ0n) is 12.7. The van der Waals surface area contributed by atoms with Gasteiger partial charge in [0.2, 0.25) is 0 Å². The summed E-state index contributed by atoms with van der Waals surface area (Å²) in [6.45, 7) is 0.227. The van der Waals surface area contributed by atoms with E-state index in [2.05, 4.69) is 9.97 Å². The third-order valence-corrected chi connectivity index (χ3v) is 3.36. The molecule has 0 bridgehead atoms. The first-order valence-electron chi connectivity index (χ1n) is 7.13. The SMILES string of the molecule is N/C(=C\C(=O)c1ccc(OCCCC(=O)O)c(Cl)c1)c1ncc[nH]1. The van der Waals surface area contributed by atoms with Gasteiger partial charge in [-0.05, 0) is 24.6 Å². The molecule has 1 aromatic heterocycles. The molecule has 0 aliphatic carbocycles. The van der Waals surface area contributed by atoms with Crippen molar-refractivity contribution in [3.63, 3.8) is 0 Å². The van der Waals surface area contributed by atoms with Crippen LogP contribution in [-0.2, 0) is 4.79 Å². The molecule has 7 nitrogen and oxygen atoms in total. The number of carbonyl (C=O) groups excluding carboxylic acids is 1. The van der Waals surface area contributed by atoms with Crippen molar-refractivity contribution in [2.24, 2.45) is 5.73 Å². The lowest BCUT2D eigenvalue weighted by Gasteiger charge is -2.08. The average Bonchev–Trinajstić information content (AvgIpc) is 3.07. The van der Waals surface area contributed by atoms with Crippen LogP contribution in [0.2, 0.25) is 5.02 Å². The molecule has 0 spiro atoms. The minimum Gasteiger partial charge on any atom is -0.492 e. The van der Waals surface area contributed by atoms with Crippen LogP contribution in [0.3, 0.4) is 0 Å². The molecular weight excluding hydrogens is 334 g/mol. The summed E-state index contributed by atoms with van der Waals surface area (Å²) in [6.07, 6.45) is 4.79. The summed E-state index contributed by atoms with van der Waals surface area (Å²) in [5.74, 6) is -0.399. The monoisotopic (exact) mass is 349 g/mol. The Kier molecular flexibility index (Phi) is 5.97. The lowest BCUT2D eigenvalue weighted by Crippen LogP contribution is -2.05. The number of H-pyrrole nitrogens is 1. The van der Waals surface area contributed by atoms with Crippen molar-refractivity contribution in [1.29, 1.82) is 0 Å². The van der Waals surface area contributed by atoms with Gasteiger partial charge < -0.3 is 20.6 Å². The van der Waals surface area contributed by atoms with Gasteiger partial charge in [0.1, 0.15) is 5.75 Å². The summed E-state index contributed by atoms with van der Waals surface area (Å²) in [7, 11) is 0. The van der Waals surface area contributed by atoms with E-state index in [1.165, 1.54) is 18.3 Å². The number of aromatic amines is 1. The largest absolute Gasteiger partial charge is 0.492 e. The summed E-state index contributed by atoms with van der Waals surface area (Å²) < 4.78 is 5.40. The number of hydrogen-bond acceptors (Lipinski definition) is 5. The molecule has 0 saturated heterocycles. The summed E-state index contributed by atoms with van der Waals surface area (Å²) >= 11 is 6.09. The Morgan fingerprint density at radius 2 is 2.21 bits per heavy atom. The number of nitrogens with two attached hydrogens (primary N) is 1. The highest BCUT2D eigenvalue weighted by molar-refractivity contribution is 6.32. The smallest absolute Gasteiger partial charge is 0.303 e. The van der Waals surface area contributed by atoms with Gasteiger partial charge in [-0.25, -0.2) is 4.98 Å². The van der Waals surface area contributed by atoms with E-state index in [1.807, 2.05) is 0 Å². The van der Waals surface area contributed by atoms with E-state index in [-0.39, 0.29) is 29.5 Å². The van der Waals surface area contributed by atoms with Crippen LogP contribution in [0.4, 0.5) is 0 Å². The molecule has 1 aromatic carbocycles. The molecule has 0 aliphatic rings. The van der Waals surface area contributed by atoms with Crippen molar-refractivity contribution in [3.05, 3.63) is 53.1 Å². The number of nitrogens with one attached hydrogen (secondary N) is 1. The van der Waals surface area contributed by atoms with Crippen LogP contribution in [0.5, 0.6) is 5.75 Å². The molecule has 0 aliphatic heterocycles. The number of carboxylic acid groups (broad SMARTS) is 1. The number of aromatic nitrogens is 2. The molecule has 4 N–H and O–H groups in total. The first-order valence-corrected chi connectivity index (χ1v) is 7.50. The molecule has 2 rings (SSSR count). The fraction of sp³-hybridized carbons (Fsp3) is 0.188. The van der Waals surface area contributed by atoms with E-state index in [9.17, 15) is 9.59 Å². The van der Waals surface area contributed by atoms with Crippen molar-refractivity contribution < 1.29 is 19.4 Å². The number of carboxylic acids is 1. The van der Waals surface area contributed by atoms with Gasteiger partial charge in [-0.2, -0.15) is 0 Å². The number of carbonyl (C=O) groups is 2. The second-order valence-electron chi connectivity index (χ2n) is 4.89. The van der Waals surface area contributed by atoms with Crippen LogP contribution in [0.25, 0.3) is 5.70 Å². The number of rotatable bonds is 8. The number of ketones is 1. The van der Waals surface area contributed by atoms with Gasteiger partial charge in [-0.15, -0.1) is 0 Å². The number of aliphatic carboxylic acids is 1. The molecule has 1 heterocycles. The Hall–Kier alpha value is -2.80. The standard InChI is InChI=1S/C16H16ClN3O4/c17-11-8-10(3-4-14(11)24-7-1-2-15(22)23)13(21)9-12(18)16-19-5-6-20-16/h3-6,8-9H,1-2,7,18H2,(H,19,20)(H,22,23)/b12-9-. The Morgan fingerprint density at radius 3 is 2.83 bits per heavy atom. The summed E-state index contributed by atoms with van der Waals surface area (Å²) in [5, 5.41) is 8.83.